The van der Waals surface area contributed by atoms with Crippen LogP contribution in [0.1, 0.15) is 23.2 Å². The summed E-state index contributed by atoms with van der Waals surface area (Å²) in [6.07, 6.45) is 2.43. The fraction of sp³-hybridized carbons (Fsp3) is 0.423. The normalized spacial score (nSPS) is 17.7. The molecular formula is C26H30N6O2S. The van der Waals surface area contributed by atoms with Gasteiger partial charge in [0.1, 0.15) is 16.2 Å². The minimum Gasteiger partial charge on any atom is -0.354 e. The van der Waals surface area contributed by atoms with Gasteiger partial charge in [0.15, 0.2) is 5.65 Å². The van der Waals surface area contributed by atoms with Crippen LogP contribution in [0.2, 0.25) is 0 Å². The molecule has 0 unspecified atom stereocenters. The maximum atomic E-state index is 13.7. The zero-order chi connectivity index (χ0) is 23.9. The highest BCUT2D eigenvalue weighted by atomic mass is 32.1. The zero-order valence-electron chi connectivity index (χ0n) is 20.0. The van der Waals surface area contributed by atoms with Gasteiger partial charge in [-0.3, -0.25) is 14.0 Å². The summed E-state index contributed by atoms with van der Waals surface area (Å²) in [6.45, 7) is 7.26. The number of para-hydroxylation sites is 1. The van der Waals surface area contributed by atoms with Gasteiger partial charge in [-0.2, -0.15) is 0 Å². The summed E-state index contributed by atoms with van der Waals surface area (Å²) in [5, 5.41) is 3.49. The number of carbonyl (C=O) groups excluding carboxylic acids is 1. The Labute approximate surface area is 207 Å². The standard InChI is InChI=1S/C26H30N6O2S/c1-29-14-16-31(17-15-29)21-9-8-18-23(33)22(25(34)27-10-13-30-11-4-5-12-30)26-32(24(18)28-21)19-6-2-3-7-20(19)35-26/h2-3,6-9H,4-5,10-17H2,1H3,(H,27,34). The number of aromatic nitrogens is 2. The average Bonchev–Trinajstić information content (AvgIpc) is 3.52. The van der Waals surface area contributed by atoms with E-state index in [-0.39, 0.29) is 16.9 Å². The monoisotopic (exact) mass is 490 g/mol. The Hall–Kier alpha value is -3.01. The molecular weight excluding hydrogens is 460 g/mol. The number of likely N-dealkylation sites (N-methyl/N-ethyl adjacent to an activating group) is 1. The molecule has 2 aliphatic rings. The SMILES string of the molecule is CN1CCN(c2ccc3c(=O)c(C(=O)NCCN4CCCC4)c4sc5ccccc5n4c3n2)CC1. The summed E-state index contributed by atoms with van der Waals surface area (Å²) in [4.78, 5) is 39.6. The van der Waals surface area contributed by atoms with Crippen molar-refractivity contribution in [3.05, 3.63) is 52.2 Å². The number of pyridine rings is 2. The van der Waals surface area contributed by atoms with Crippen molar-refractivity contribution in [2.45, 2.75) is 12.8 Å². The van der Waals surface area contributed by atoms with E-state index in [1.165, 1.54) is 24.2 Å². The average molecular weight is 491 g/mol. The van der Waals surface area contributed by atoms with Crippen LogP contribution in [0.3, 0.4) is 0 Å². The van der Waals surface area contributed by atoms with Crippen LogP contribution < -0.4 is 15.6 Å². The van der Waals surface area contributed by atoms with E-state index in [9.17, 15) is 9.59 Å². The molecule has 0 radical (unpaired) electrons. The highest BCUT2D eigenvalue weighted by Crippen LogP contribution is 2.31. The van der Waals surface area contributed by atoms with Gasteiger partial charge in [0.25, 0.3) is 5.91 Å². The number of hydrogen-bond donors (Lipinski definition) is 1. The number of nitrogens with zero attached hydrogens (tertiary/aromatic N) is 5. The molecule has 2 aliphatic heterocycles. The molecule has 35 heavy (non-hydrogen) atoms. The van der Waals surface area contributed by atoms with E-state index in [1.54, 1.807) is 0 Å². The number of anilines is 1. The molecule has 2 saturated heterocycles. The topological polar surface area (TPSA) is 73.2 Å². The Morgan fingerprint density at radius 3 is 2.60 bits per heavy atom. The van der Waals surface area contributed by atoms with Gasteiger partial charge in [0.05, 0.1) is 15.6 Å². The fourth-order valence-corrected chi connectivity index (χ4v) is 6.39. The Bertz CT molecular complexity index is 1460. The van der Waals surface area contributed by atoms with Crippen molar-refractivity contribution in [1.29, 1.82) is 0 Å². The Kier molecular flexibility index (Phi) is 5.91. The summed E-state index contributed by atoms with van der Waals surface area (Å²) in [5.41, 5.74) is 1.55. The van der Waals surface area contributed by atoms with Crippen molar-refractivity contribution in [2.75, 3.05) is 64.3 Å². The Balaban J connectivity index is 1.45. The molecule has 6 rings (SSSR count). The molecule has 1 aromatic carbocycles. The van der Waals surface area contributed by atoms with Gasteiger partial charge in [-0.1, -0.05) is 12.1 Å². The van der Waals surface area contributed by atoms with E-state index in [1.807, 2.05) is 40.8 Å². The second kappa shape index (κ2) is 9.22. The summed E-state index contributed by atoms with van der Waals surface area (Å²) in [6, 6.07) is 11.8. The second-order valence-corrected chi connectivity index (χ2v) is 10.6. The van der Waals surface area contributed by atoms with E-state index >= 15 is 0 Å². The zero-order valence-corrected chi connectivity index (χ0v) is 20.8. The molecule has 2 fully saturated rings. The lowest BCUT2D eigenvalue weighted by molar-refractivity contribution is 0.0950. The third kappa shape index (κ3) is 4.07. The van der Waals surface area contributed by atoms with E-state index < -0.39 is 0 Å². The molecule has 3 aromatic heterocycles. The third-order valence-corrected chi connectivity index (χ3v) is 8.39. The van der Waals surface area contributed by atoms with Gasteiger partial charge < -0.3 is 20.0 Å². The molecule has 0 atom stereocenters. The predicted octanol–water partition coefficient (Wildman–Crippen LogP) is 2.64. The molecule has 0 saturated carbocycles. The number of fused-ring (bicyclic) bond motifs is 5. The van der Waals surface area contributed by atoms with Crippen LogP contribution in [0.5, 0.6) is 0 Å². The molecule has 182 valence electrons. The maximum absolute atomic E-state index is 13.7. The molecule has 8 nitrogen and oxygen atoms in total. The molecule has 0 spiro atoms. The van der Waals surface area contributed by atoms with Crippen molar-refractivity contribution < 1.29 is 4.79 Å². The van der Waals surface area contributed by atoms with Crippen LogP contribution in [-0.2, 0) is 0 Å². The van der Waals surface area contributed by atoms with Crippen molar-refractivity contribution in [2.24, 2.45) is 0 Å². The summed E-state index contributed by atoms with van der Waals surface area (Å²) in [5.74, 6) is 0.570. The van der Waals surface area contributed by atoms with Gasteiger partial charge in [0.2, 0.25) is 5.43 Å². The maximum Gasteiger partial charge on any atom is 0.258 e. The van der Waals surface area contributed by atoms with E-state index in [4.69, 9.17) is 4.98 Å². The lowest BCUT2D eigenvalue weighted by Crippen LogP contribution is -2.44. The van der Waals surface area contributed by atoms with Crippen molar-refractivity contribution in [1.82, 2.24) is 24.5 Å². The number of likely N-dealkylation sites (tertiary alicyclic amines) is 1. The first-order valence-corrected chi connectivity index (χ1v) is 13.2. The summed E-state index contributed by atoms with van der Waals surface area (Å²) >= 11 is 1.48. The summed E-state index contributed by atoms with van der Waals surface area (Å²) in [7, 11) is 2.13. The van der Waals surface area contributed by atoms with Gasteiger partial charge in [0, 0.05) is 39.3 Å². The fourth-order valence-electron chi connectivity index (χ4n) is 5.21. The van der Waals surface area contributed by atoms with Gasteiger partial charge in [-0.25, -0.2) is 4.98 Å². The number of amides is 1. The molecule has 1 amide bonds. The molecule has 0 bridgehead atoms. The molecule has 0 aliphatic carbocycles. The highest BCUT2D eigenvalue weighted by molar-refractivity contribution is 7.24. The van der Waals surface area contributed by atoms with Crippen molar-refractivity contribution >= 4 is 49.1 Å². The molecule has 5 heterocycles. The first-order chi connectivity index (χ1) is 17.1. The third-order valence-electron chi connectivity index (χ3n) is 7.24. The predicted molar refractivity (Wildman–Crippen MR) is 142 cm³/mol. The Morgan fingerprint density at radius 2 is 1.80 bits per heavy atom. The first-order valence-electron chi connectivity index (χ1n) is 12.4. The number of rotatable bonds is 5. The minimum atomic E-state index is -0.303. The first kappa shape index (κ1) is 22.5. The number of benzene rings is 1. The van der Waals surface area contributed by atoms with Crippen LogP contribution in [-0.4, -0.2) is 84.5 Å². The van der Waals surface area contributed by atoms with Crippen LogP contribution in [0.4, 0.5) is 5.82 Å². The molecule has 4 aromatic rings. The van der Waals surface area contributed by atoms with Crippen LogP contribution in [0.25, 0.3) is 26.1 Å². The smallest absolute Gasteiger partial charge is 0.258 e. The number of nitrogens with one attached hydrogen (secondary N) is 1. The lowest BCUT2D eigenvalue weighted by Gasteiger charge is -2.33. The second-order valence-electron chi connectivity index (χ2n) is 9.55. The van der Waals surface area contributed by atoms with Crippen molar-refractivity contribution in [3.63, 3.8) is 0 Å². The van der Waals surface area contributed by atoms with Gasteiger partial charge >= 0.3 is 0 Å². The van der Waals surface area contributed by atoms with Gasteiger partial charge in [-0.15, -0.1) is 11.3 Å². The van der Waals surface area contributed by atoms with E-state index in [0.29, 0.717) is 22.4 Å². The Morgan fingerprint density at radius 1 is 1.03 bits per heavy atom. The van der Waals surface area contributed by atoms with Gasteiger partial charge in [-0.05, 0) is 57.2 Å². The molecule has 9 heteroatoms. The largest absolute Gasteiger partial charge is 0.354 e. The van der Waals surface area contributed by atoms with Crippen LogP contribution in [0.15, 0.2) is 41.2 Å². The van der Waals surface area contributed by atoms with E-state index in [2.05, 4.69) is 27.1 Å². The minimum absolute atomic E-state index is 0.217. The van der Waals surface area contributed by atoms with E-state index in [0.717, 1.165) is 61.8 Å². The molecule has 1 N–H and O–H groups in total. The quantitative estimate of drug-likeness (QED) is 0.464. The summed E-state index contributed by atoms with van der Waals surface area (Å²) < 4.78 is 3.03. The number of hydrogen-bond acceptors (Lipinski definition) is 7. The van der Waals surface area contributed by atoms with Crippen LogP contribution in [0, 0.1) is 0 Å². The van der Waals surface area contributed by atoms with Crippen LogP contribution >= 0.6 is 11.3 Å². The lowest BCUT2D eigenvalue weighted by atomic mass is 10.1. The number of thiazole rings is 1. The number of carbonyl (C=O) groups is 1. The highest BCUT2D eigenvalue weighted by Gasteiger charge is 2.24. The number of piperazine rings is 1. The van der Waals surface area contributed by atoms with Crippen molar-refractivity contribution in [3.8, 4) is 0 Å².